The Labute approximate surface area is 232 Å². The minimum atomic E-state index is -1.55. The van der Waals surface area contributed by atoms with E-state index in [0.717, 1.165) is 16.2 Å². The largest absolute Gasteiger partial charge is 1.00 e. The number of amides is 3. The maximum atomic E-state index is 13.0. The molecule has 3 amide bonds. The van der Waals surface area contributed by atoms with Gasteiger partial charge in [-0.15, -0.1) is 23.1 Å². The van der Waals surface area contributed by atoms with Crippen LogP contribution < -0.4 is 45.3 Å². The van der Waals surface area contributed by atoms with Crippen LogP contribution in [-0.2, 0) is 19.1 Å². The molecule has 0 aliphatic carbocycles. The van der Waals surface area contributed by atoms with Crippen molar-refractivity contribution >= 4 is 57.7 Å². The molecule has 3 heterocycles. The van der Waals surface area contributed by atoms with E-state index >= 15 is 0 Å². The van der Waals surface area contributed by atoms with E-state index in [9.17, 15) is 29.4 Å². The first-order chi connectivity index (χ1) is 16.0. The van der Waals surface area contributed by atoms with Gasteiger partial charge in [-0.1, -0.05) is 13.0 Å². The molecule has 2 aliphatic heterocycles. The number of aliphatic hydroxyl groups excluding tert-OH is 1. The number of thioether (sulfide) groups is 1. The normalized spacial score (nSPS) is 19.9. The number of β-lactam (4-membered cyclic amide) rings is 1. The summed E-state index contributed by atoms with van der Waals surface area (Å²) in [7, 11) is 0. The molecule has 2 aliphatic rings. The number of aliphatic hydroxyl groups is 1. The number of anilines is 1. The van der Waals surface area contributed by atoms with Crippen LogP contribution in [0.4, 0.5) is 9.93 Å². The van der Waals surface area contributed by atoms with Gasteiger partial charge in [-0.3, -0.25) is 19.8 Å². The second kappa shape index (κ2) is 11.9. The quantitative estimate of drug-likeness (QED) is 0.199. The number of nitrogens with one attached hydrogen (secondary N) is 2. The Morgan fingerprint density at radius 3 is 2.63 bits per heavy atom. The first-order valence-electron chi connectivity index (χ1n) is 10.4. The van der Waals surface area contributed by atoms with Gasteiger partial charge in [-0.25, -0.2) is 9.78 Å². The summed E-state index contributed by atoms with van der Waals surface area (Å²) in [5, 5.41) is 27.3. The first kappa shape index (κ1) is 29.3. The van der Waals surface area contributed by atoms with Crippen LogP contribution in [0.1, 0.15) is 39.8 Å². The predicted molar refractivity (Wildman–Crippen MR) is 124 cm³/mol. The summed E-state index contributed by atoms with van der Waals surface area (Å²) in [4.78, 5) is 54.5. The molecule has 0 spiro atoms. The summed E-state index contributed by atoms with van der Waals surface area (Å²) in [6.45, 7) is 6.53. The molecule has 1 fully saturated rings. The molecule has 11 nitrogen and oxygen atoms in total. The van der Waals surface area contributed by atoms with Gasteiger partial charge < -0.3 is 25.1 Å². The molecule has 1 aromatic rings. The minimum absolute atomic E-state index is 0. The van der Waals surface area contributed by atoms with Crippen LogP contribution in [0.2, 0.25) is 0 Å². The topological polar surface area (TPSA) is 161 Å². The molecule has 0 saturated carbocycles. The van der Waals surface area contributed by atoms with Gasteiger partial charge in [0, 0.05) is 11.1 Å². The second-order valence-corrected chi connectivity index (χ2v) is 10.4. The van der Waals surface area contributed by atoms with Gasteiger partial charge in [0.25, 0.3) is 11.8 Å². The number of carbonyl (C=O) groups excluding carboxylic acids is 4. The van der Waals surface area contributed by atoms with Gasteiger partial charge in [-0.05, 0) is 32.8 Å². The Bertz CT molecular complexity index is 1080. The summed E-state index contributed by atoms with van der Waals surface area (Å²) < 4.78 is 5.20. The van der Waals surface area contributed by atoms with E-state index in [4.69, 9.17) is 4.74 Å². The number of rotatable bonds is 7. The number of allylic oxidation sites excluding steroid dienone is 1. The van der Waals surface area contributed by atoms with Gasteiger partial charge in [0.2, 0.25) is 0 Å². The van der Waals surface area contributed by atoms with Crippen molar-refractivity contribution in [2.45, 2.75) is 51.1 Å². The predicted octanol–water partition coefficient (Wildman–Crippen LogP) is -2.32. The number of aliphatic carboxylic acids is 1. The molecule has 14 heteroatoms. The second-order valence-electron chi connectivity index (χ2n) is 8.45. The smallest absolute Gasteiger partial charge is 0.543 e. The molecule has 3 rings (SSSR count). The van der Waals surface area contributed by atoms with Crippen LogP contribution in [-0.4, -0.2) is 68.2 Å². The molecule has 0 unspecified atom stereocenters. The van der Waals surface area contributed by atoms with Crippen molar-refractivity contribution in [3.8, 4) is 0 Å². The van der Waals surface area contributed by atoms with Gasteiger partial charge in [0.1, 0.15) is 17.0 Å². The molecule has 2 atom stereocenters. The third-order valence-electron chi connectivity index (χ3n) is 4.76. The molecule has 0 radical (unpaired) electrons. The fourth-order valence-electron chi connectivity index (χ4n) is 3.38. The number of nitrogens with zero attached hydrogens (tertiary/aromatic N) is 2. The zero-order chi connectivity index (χ0) is 25.2. The third kappa shape index (κ3) is 6.66. The number of carbonyl (C=O) groups is 4. The fraction of sp³-hybridized carbons (Fsp3) is 0.476. The number of carboxylic acid groups (broad SMARTS) is 1. The first-order valence-corrected chi connectivity index (χ1v) is 12.4. The van der Waals surface area contributed by atoms with E-state index in [1.165, 1.54) is 11.8 Å². The number of aromatic nitrogens is 1. The third-order valence-corrected chi connectivity index (χ3v) is 6.86. The molecule has 184 valence electrons. The summed E-state index contributed by atoms with van der Waals surface area (Å²) in [6, 6.07) is -0.939. The zero-order valence-corrected chi connectivity index (χ0v) is 23.7. The Morgan fingerprint density at radius 2 is 2.06 bits per heavy atom. The van der Waals surface area contributed by atoms with Crippen molar-refractivity contribution < 1.29 is 63.7 Å². The number of ether oxygens (including phenoxy) is 1. The number of hydrogen-bond donors (Lipinski definition) is 3. The molecule has 0 bridgehead atoms. The summed E-state index contributed by atoms with van der Waals surface area (Å²) >= 11 is 2.36. The average Bonchev–Trinajstić information content (AvgIpc) is 3.20. The maximum Gasteiger partial charge on any atom is 1.00 e. The summed E-state index contributed by atoms with van der Waals surface area (Å²) in [5.41, 5.74) is -0.300. The number of hydrogen-bond acceptors (Lipinski definition) is 10. The van der Waals surface area contributed by atoms with E-state index in [2.05, 4.69) is 15.6 Å². The Hall–Kier alpha value is -1.90. The van der Waals surface area contributed by atoms with Gasteiger partial charge in [0.05, 0.1) is 29.5 Å². The Kier molecular flexibility index (Phi) is 9.96. The molecule has 1 aromatic heterocycles. The standard InChI is InChI=1S/C21H26N4O7S2.Na/c1-5-6-11(12-9-34-19(22-12)24-20(31)32-21(2,3)4)15(27)23-13-16(28)25-14(18(29)30)10(7-26)8-33-17(13)25;/h6,9,13,17,26H,5,7-8H2,1-4H3,(H,23,27)(H,29,30)(H,22,24,31);/q;+1/p-1/b11-6-;/t13-,17+;/m1./s1. The van der Waals surface area contributed by atoms with E-state index < -0.39 is 47.5 Å². The molecule has 0 aromatic carbocycles. The Balaban J connectivity index is 0.00000432. The van der Waals surface area contributed by atoms with E-state index in [0.29, 0.717) is 12.1 Å². The number of fused-ring (bicyclic) bond motifs is 1. The van der Waals surface area contributed by atoms with E-state index in [1.807, 2.05) is 6.92 Å². The SMILES string of the molecule is CC/C=C(\C(=O)N[C@@H]1C(=O)N2C(C(=O)[O-])=C(CO)CS[C@@H]12)c1csc(NC(=O)OC(C)(C)C)n1.[Na+]. The number of carboxylic acids is 1. The Morgan fingerprint density at radius 1 is 1.37 bits per heavy atom. The minimum Gasteiger partial charge on any atom is -0.543 e. The van der Waals surface area contributed by atoms with Crippen molar-refractivity contribution in [3.63, 3.8) is 0 Å². The van der Waals surface area contributed by atoms with E-state index in [1.54, 1.807) is 32.2 Å². The average molecular weight is 533 g/mol. The van der Waals surface area contributed by atoms with Gasteiger partial charge in [-0.2, -0.15) is 0 Å². The summed E-state index contributed by atoms with van der Waals surface area (Å²) in [5.74, 6) is -2.51. The zero-order valence-electron chi connectivity index (χ0n) is 20.0. The van der Waals surface area contributed by atoms with Crippen LogP contribution in [0.3, 0.4) is 0 Å². The molecular weight excluding hydrogens is 507 g/mol. The van der Waals surface area contributed by atoms with E-state index in [-0.39, 0.29) is 57.3 Å². The maximum absolute atomic E-state index is 13.0. The molecule has 1 saturated heterocycles. The van der Waals surface area contributed by atoms with Crippen LogP contribution in [0.5, 0.6) is 0 Å². The summed E-state index contributed by atoms with van der Waals surface area (Å²) in [6.07, 6.45) is 1.48. The van der Waals surface area contributed by atoms with Gasteiger partial charge >= 0.3 is 35.7 Å². The monoisotopic (exact) mass is 532 g/mol. The van der Waals surface area contributed by atoms with Gasteiger partial charge in [0.15, 0.2) is 5.13 Å². The van der Waals surface area contributed by atoms with Crippen LogP contribution in [0.15, 0.2) is 22.7 Å². The molecule has 35 heavy (non-hydrogen) atoms. The van der Waals surface area contributed by atoms with Crippen LogP contribution in [0, 0.1) is 0 Å². The van der Waals surface area contributed by atoms with Crippen molar-refractivity contribution in [2.24, 2.45) is 0 Å². The van der Waals surface area contributed by atoms with Crippen molar-refractivity contribution in [1.82, 2.24) is 15.2 Å². The van der Waals surface area contributed by atoms with Crippen molar-refractivity contribution in [1.29, 1.82) is 0 Å². The number of thiazole rings is 1. The van der Waals surface area contributed by atoms with Crippen molar-refractivity contribution in [2.75, 3.05) is 17.7 Å². The van der Waals surface area contributed by atoms with Crippen LogP contribution in [0.25, 0.3) is 5.57 Å². The van der Waals surface area contributed by atoms with Crippen molar-refractivity contribution in [3.05, 3.63) is 28.4 Å². The van der Waals surface area contributed by atoms with Crippen LogP contribution >= 0.6 is 23.1 Å². The molecular formula is C21H25N4NaO7S2. The molecule has 3 N–H and O–H groups in total. The fourth-order valence-corrected chi connectivity index (χ4v) is 5.41.